The summed E-state index contributed by atoms with van der Waals surface area (Å²) in [5, 5.41) is 0. The highest BCUT2D eigenvalue weighted by molar-refractivity contribution is 5.78. The van der Waals surface area contributed by atoms with E-state index in [9.17, 15) is 9.59 Å². The zero-order valence-electron chi connectivity index (χ0n) is 14.2. The van der Waals surface area contributed by atoms with Crippen LogP contribution in [-0.4, -0.2) is 73.0 Å². The first-order chi connectivity index (χ1) is 11.6. The fraction of sp³-hybridized carbons (Fsp3) is 0.556. The molecule has 0 atom stereocenters. The van der Waals surface area contributed by atoms with Crippen molar-refractivity contribution >= 4 is 12.0 Å². The molecule has 2 aliphatic rings. The SMILES string of the molecule is CN(CC1CC1)C(=O)CN1CCN(C(=O)Oc2ccccc2)CC1. The average molecular weight is 331 g/mol. The summed E-state index contributed by atoms with van der Waals surface area (Å²) >= 11 is 0. The fourth-order valence-corrected chi connectivity index (χ4v) is 2.84. The van der Waals surface area contributed by atoms with Gasteiger partial charge in [0.25, 0.3) is 0 Å². The molecule has 0 radical (unpaired) electrons. The first-order valence-electron chi connectivity index (χ1n) is 8.60. The largest absolute Gasteiger partial charge is 0.415 e. The van der Waals surface area contributed by atoms with Crippen LogP contribution in [0.5, 0.6) is 5.75 Å². The quantitative estimate of drug-likeness (QED) is 0.824. The lowest BCUT2D eigenvalue weighted by Crippen LogP contribution is -2.52. The molecular weight excluding hydrogens is 306 g/mol. The number of benzene rings is 1. The van der Waals surface area contributed by atoms with E-state index in [2.05, 4.69) is 4.90 Å². The Bertz CT molecular complexity index is 566. The average Bonchev–Trinajstić information content (AvgIpc) is 3.40. The number of hydrogen-bond donors (Lipinski definition) is 0. The van der Waals surface area contributed by atoms with E-state index in [1.54, 1.807) is 17.0 Å². The van der Waals surface area contributed by atoms with E-state index in [1.165, 1.54) is 12.8 Å². The second-order valence-corrected chi connectivity index (χ2v) is 6.66. The lowest BCUT2D eigenvalue weighted by atomic mass is 10.3. The third kappa shape index (κ3) is 4.71. The van der Waals surface area contributed by atoms with Gasteiger partial charge in [0.1, 0.15) is 5.75 Å². The van der Waals surface area contributed by atoms with Gasteiger partial charge in [-0.3, -0.25) is 9.69 Å². The van der Waals surface area contributed by atoms with E-state index < -0.39 is 0 Å². The van der Waals surface area contributed by atoms with E-state index in [0.29, 0.717) is 44.4 Å². The van der Waals surface area contributed by atoms with E-state index in [-0.39, 0.29) is 12.0 Å². The molecule has 2 fully saturated rings. The van der Waals surface area contributed by atoms with E-state index in [4.69, 9.17) is 4.74 Å². The molecule has 3 rings (SSSR count). The minimum atomic E-state index is -0.321. The summed E-state index contributed by atoms with van der Waals surface area (Å²) in [6, 6.07) is 9.09. The van der Waals surface area contributed by atoms with Gasteiger partial charge in [-0.25, -0.2) is 4.79 Å². The lowest BCUT2D eigenvalue weighted by Gasteiger charge is -2.34. The van der Waals surface area contributed by atoms with Crippen LogP contribution in [-0.2, 0) is 4.79 Å². The van der Waals surface area contributed by atoms with Gasteiger partial charge in [0.05, 0.1) is 6.54 Å². The molecule has 0 aromatic heterocycles. The number of hydrogen-bond acceptors (Lipinski definition) is 4. The minimum absolute atomic E-state index is 0.169. The highest BCUT2D eigenvalue weighted by atomic mass is 16.6. The van der Waals surface area contributed by atoms with Crippen molar-refractivity contribution < 1.29 is 14.3 Å². The molecule has 2 amide bonds. The topological polar surface area (TPSA) is 53.1 Å². The number of rotatable bonds is 5. The van der Waals surface area contributed by atoms with Crippen molar-refractivity contribution in [1.82, 2.24) is 14.7 Å². The van der Waals surface area contributed by atoms with Crippen molar-refractivity contribution in [3.05, 3.63) is 30.3 Å². The summed E-state index contributed by atoms with van der Waals surface area (Å²) in [5.74, 6) is 1.44. The number of likely N-dealkylation sites (N-methyl/N-ethyl adjacent to an activating group) is 1. The fourth-order valence-electron chi connectivity index (χ4n) is 2.84. The smallest absolute Gasteiger partial charge is 0.410 e. The van der Waals surface area contributed by atoms with Crippen LogP contribution in [0, 0.1) is 5.92 Å². The number of para-hydroxylation sites is 1. The molecule has 1 aliphatic carbocycles. The summed E-state index contributed by atoms with van der Waals surface area (Å²) < 4.78 is 5.35. The molecule has 1 aromatic rings. The van der Waals surface area contributed by atoms with Crippen LogP contribution < -0.4 is 4.74 Å². The standard InChI is InChI=1S/C18H25N3O3/c1-19(13-15-7-8-15)17(22)14-20-9-11-21(12-10-20)18(23)24-16-5-3-2-4-6-16/h2-6,15H,7-14H2,1H3. The molecule has 24 heavy (non-hydrogen) atoms. The number of ether oxygens (including phenoxy) is 1. The van der Waals surface area contributed by atoms with Gasteiger partial charge in [0.15, 0.2) is 0 Å². The Kier molecular flexibility index (Phi) is 5.35. The Labute approximate surface area is 143 Å². The molecule has 1 aromatic carbocycles. The molecule has 1 saturated heterocycles. The molecule has 0 unspecified atom stereocenters. The van der Waals surface area contributed by atoms with Crippen LogP contribution in [0.15, 0.2) is 30.3 Å². The predicted octanol–water partition coefficient (Wildman–Crippen LogP) is 1.67. The molecule has 0 spiro atoms. The van der Waals surface area contributed by atoms with Crippen molar-refractivity contribution in [3.63, 3.8) is 0 Å². The number of amides is 2. The Hall–Kier alpha value is -2.08. The number of carbonyl (C=O) groups excluding carboxylic acids is 2. The molecule has 1 heterocycles. The molecule has 0 N–H and O–H groups in total. The third-order valence-corrected chi connectivity index (χ3v) is 4.59. The summed E-state index contributed by atoms with van der Waals surface area (Å²) in [6.45, 7) is 3.89. The monoisotopic (exact) mass is 331 g/mol. The lowest BCUT2D eigenvalue weighted by molar-refractivity contribution is -0.131. The van der Waals surface area contributed by atoms with Crippen LogP contribution in [0.3, 0.4) is 0 Å². The first kappa shape index (κ1) is 16.8. The van der Waals surface area contributed by atoms with Crippen molar-refractivity contribution in [1.29, 1.82) is 0 Å². The summed E-state index contributed by atoms with van der Waals surface area (Å²) in [6.07, 6.45) is 2.18. The highest BCUT2D eigenvalue weighted by Gasteiger charge is 2.27. The van der Waals surface area contributed by atoms with Gasteiger partial charge in [0.2, 0.25) is 5.91 Å². The highest BCUT2D eigenvalue weighted by Crippen LogP contribution is 2.29. The molecule has 0 bridgehead atoms. The third-order valence-electron chi connectivity index (χ3n) is 4.59. The Morgan fingerprint density at radius 2 is 1.79 bits per heavy atom. The maximum Gasteiger partial charge on any atom is 0.415 e. The van der Waals surface area contributed by atoms with E-state index in [0.717, 1.165) is 6.54 Å². The van der Waals surface area contributed by atoms with Gasteiger partial charge in [0, 0.05) is 39.8 Å². The molecule has 6 heteroatoms. The Morgan fingerprint density at radius 1 is 1.12 bits per heavy atom. The van der Waals surface area contributed by atoms with Crippen molar-refractivity contribution in [3.8, 4) is 5.75 Å². The van der Waals surface area contributed by atoms with Gasteiger partial charge in [-0.2, -0.15) is 0 Å². The van der Waals surface area contributed by atoms with Crippen LogP contribution in [0.4, 0.5) is 4.79 Å². The molecular formula is C18H25N3O3. The van der Waals surface area contributed by atoms with Crippen LogP contribution in [0.1, 0.15) is 12.8 Å². The first-order valence-corrected chi connectivity index (χ1v) is 8.60. The number of carbonyl (C=O) groups is 2. The number of piperazine rings is 1. The maximum absolute atomic E-state index is 12.2. The summed E-state index contributed by atoms with van der Waals surface area (Å²) in [5.41, 5.74) is 0. The van der Waals surface area contributed by atoms with E-state index in [1.807, 2.05) is 30.1 Å². The maximum atomic E-state index is 12.2. The van der Waals surface area contributed by atoms with Crippen molar-refractivity contribution in [2.75, 3.05) is 46.3 Å². The summed E-state index contributed by atoms with van der Waals surface area (Å²) in [4.78, 5) is 30.0. The Morgan fingerprint density at radius 3 is 2.42 bits per heavy atom. The van der Waals surface area contributed by atoms with Crippen LogP contribution in [0.2, 0.25) is 0 Å². The second kappa shape index (κ2) is 7.66. The molecule has 1 saturated carbocycles. The van der Waals surface area contributed by atoms with Gasteiger partial charge in [-0.05, 0) is 30.9 Å². The van der Waals surface area contributed by atoms with Crippen LogP contribution >= 0.6 is 0 Å². The van der Waals surface area contributed by atoms with E-state index >= 15 is 0 Å². The second-order valence-electron chi connectivity index (χ2n) is 6.66. The normalized spacial score (nSPS) is 18.3. The van der Waals surface area contributed by atoms with Crippen molar-refractivity contribution in [2.45, 2.75) is 12.8 Å². The molecule has 130 valence electrons. The minimum Gasteiger partial charge on any atom is -0.410 e. The number of nitrogens with zero attached hydrogens (tertiary/aromatic N) is 3. The zero-order chi connectivity index (χ0) is 16.9. The van der Waals surface area contributed by atoms with Gasteiger partial charge in [-0.1, -0.05) is 18.2 Å². The summed E-state index contributed by atoms with van der Waals surface area (Å²) in [7, 11) is 1.88. The molecule has 1 aliphatic heterocycles. The van der Waals surface area contributed by atoms with Crippen molar-refractivity contribution in [2.24, 2.45) is 5.92 Å². The van der Waals surface area contributed by atoms with Gasteiger partial charge >= 0.3 is 6.09 Å². The predicted molar refractivity (Wildman–Crippen MR) is 90.8 cm³/mol. The zero-order valence-corrected chi connectivity index (χ0v) is 14.2. The van der Waals surface area contributed by atoms with Gasteiger partial charge in [-0.15, -0.1) is 0 Å². The van der Waals surface area contributed by atoms with Gasteiger partial charge < -0.3 is 14.5 Å². The Balaban J connectivity index is 1.40. The molecule has 6 nitrogen and oxygen atoms in total. The van der Waals surface area contributed by atoms with Crippen LogP contribution in [0.25, 0.3) is 0 Å².